The maximum Gasteiger partial charge on any atom is 0.0892 e. The molecule has 3 aromatic rings. The van der Waals surface area contributed by atoms with E-state index in [1.165, 1.54) is 11.3 Å². The van der Waals surface area contributed by atoms with Crippen molar-refractivity contribution >= 4 is 52.1 Å². The van der Waals surface area contributed by atoms with Crippen molar-refractivity contribution in [1.82, 2.24) is 9.80 Å². The van der Waals surface area contributed by atoms with Gasteiger partial charge in [-0.25, -0.2) is 0 Å². The van der Waals surface area contributed by atoms with E-state index in [1.807, 2.05) is 24.3 Å². The monoisotopic (exact) mass is 521 g/mol. The lowest BCUT2D eigenvalue weighted by atomic mass is 10.0. The van der Waals surface area contributed by atoms with E-state index < -0.39 is 0 Å². The van der Waals surface area contributed by atoms with E-state index in [1.54, 1.807) is 0 Å². The first-order chi connectivity index (χ1) is 15.8. The third-order valence-corrected chi connectivity index (χ3v) is 7.51. The van der Waals surface area contributed by atoms with Gasteiger partial charge in [0.1, 0.15) is 0 Å². The summed E-state index contributed by atoms with van der Waals surface area (Å²) in [6, 6.07) is 20.6. The fourth-order valence-corrected chi connectivity index (χ4v) is 5.04. The minimum Gasteiger partial charge on any atom is -0.378 e. The summed E-state index contributed by atoms with van der Waals surface area (Å²) in [6.45, 7) is 3.57. The van der Waals surface area contributed by atoms with Crippen molar-refractivity contribution in [3.63, 3.8) is 0 Å². The Kier molecular flexibility index (Phi) is 8.11. The molecule has 174 valence electrons. The smallest absolute Gasteiger partial charge is 0.0892 e. The summed E-state index contributed by atoms with van der Waals surface area (Å²) in [5.74, 6) is 0. The summed E-state index contributed by atoms with van der Waals surface area (Å²) in [7, 11) is 4.12. The second-order valence-corrected chi connectivity index (χ2v) is 10.3. The number of benzene rings is 3. The molecule has 0 atom stereocenters. The van der Waals surface area contributed by atoms with Gasteiger partial charge in [0, 0.05) is 46.0 Å². The van der Waals surface area contributed by atoms with Crippen LogP contribution in [0, 0.1) is 0 Å². The van der Waals surface area contributed by atoms with Crippen LogP contribution in [0.25, 0.3) is 0 Å². The standard InChI is InChI=1S/C26H27Cl4N3/c1-31(2)21-8-6-20(7-9-21)26-32(16-18-4-10-22(27)24(29)14-18)12-3-13-33(26)17-19-5-11-23(28)25(30)15-19/h4-11,14-15,26H,3,12-13,16-17H2,1-2H3. The Labute approximate surface area is 216 Å². The van der Waals surface area contributed by atoms with Gasteiger partial charge >= 0.3 is 0 Å². The highest BCUT2D eigenvalue weighted by Gasteiger charge is 2.31. The first kappa shape index (κ1) is 24.7. The molecular formula is C26H27Cl4N3. The lowest BCUT2D eigenvalue weighted by Gasteiger charge is -2.44. The zero-order chi connectivity index (χ0) is 23.5. The largest absolute Gasteiger partial charge is 0.378 e. The highest BCUT2D eigenvalue weighted by atomic mass is 35.5. The summed E-state index contributed by atoms with van der Waals surface area (Å²) in [5.41, 5.74) is 4.74. The van der Waals surface area contributed by atoms with Gasteiger partial charge < -0.3 is 4.90 Å². The molecule has 7 heteroatoms. The predicted molar refractivity (Wildman–Crippen MR) is 142 cm³/mol. The minimum atomic E-state index is 0.124. The molecule has 0 spiro atoms. The van der Waals surface area contributed by atoms with E-state index >= 15 is 0 Å². The van der Waals surface area contributed by atoms with E-state index in [0.717, 1.165) is 43.7 Å². The zero-order valence-electron chi connectivity index (χ0n) is 18.7. The number of rotatable bonds is 6. The molecule has 3 nitrogen and oxygen atoms in total. The molecule has 0 aliphatic carbocycles. The van der Waals surface area contributed by atoms with Crippen LogP contribution in [0.2, 0.25) is 20.1 Å². The van der Waals surface area contributed by atoms with Crippen molar-refractivity contribution in [1.29, 1.82) is 0 Å². The van der Waals surface area contributed by atoms with Gasteiger partial charge in [-0.3, -0.25) is 9.80 Å². The van der Waals surface area contributed by atoms with Crippen LogP contribution in [0.4, 0.5) is 5.69 Å². The van der Waals surface area contributed by atoms with Crippen LogP contribution in [0.3, 0.4) is 0 Å². The van der Waals surface area contributed by atoms with Crippen LogP contribution in [-0.2, 0) is 13.1 Å². The van der Waals surface area contributed by atoms with Gasteiger partial charge in [0.05, 0.1) is 26.3 Å². The van der Waals surface area contributed by atoms with Crippen molar-refractivity contribution in [2.24, 2.45) is 0 Å². The first-order valence-corrected chi connectivity index (χ1v) is 12.5. The quantitative estimate of drug-likeness (QED) is 0.327. The molecule has 1 aliphatic rings. The Morgan fingerprint density at radius 2 is 1.18 bits per heavy atom. The van der Waals surface area contributed by atoms with Gasteiger partial charge in [0.15, 0.2) is 0 Å². The van der Waals surface area contributed by atoms with Crippen molar-refractivity contribution < 1.29 is 0 Å². The Morgan fingerprint density at radius 1 is 0.697 bits per heavy atom. The minimum absolute atomic E-state index is 0.124. The van der Waals surface area contributed by atoms with E-state index in [2.05, 4.69) is 65.2 Å². The summed E-state index contributed by atoms with van der Waals surface area (Å²) >= 11 is 24.9. The van der Waals surface area contributed by atoms with Gasteiger partial charge in [-0.2, -0.15) is 0 Å². The molecular weight excluding hydrogens is 496 g/mol. The maximum atomic E-state index is 6.31. The SMILES string of the molecule is CN(C)c1ccc(C2N(Cc3ccc(Cl)c(Cl)c3)CCCN2Cc2ccc(Cl)c(Cl)c2)cc1. The molecule has 3 aromatic carbocycles. The second-order valence-electron chi connectivity index (χ2n) is 8.65. The number of anilines is 1. The summed E-state index contributed by atoms with van der Waals surface area (Å²) in [6.07, 6.45) is 1.20. The average Bonchev–Trinajstić information content (AvgIpc) is 2.79. The molecule has 1 aliphatic heterocycles. The Balaban J connectivity index is 1.66. The van der Waals surface area contributed by atoms with Crippen molar-refractivity contribution in [2.45, 2.75) is 25.7 Å². The van der Waals surface area contributed by atoms with Gasteiger partial charge in [-0.05, 0) is 59.5 Å². The van der Waals surface area contributed by atoms with Crippen molar-refractivity contribution in [3.8, 4) is 0 Å². The van der Waals surface area contributed by atoms with E-state index in [0.29, 0.717) is 20.1 Å². The Bertz CT molecular complexity index is 1040. The number of nitrogens with zero attached hydrogens (tertiary/aromatic N) is 3. The summed E-state index contributed by atoms with van der Waals surface area (Å²) in [4.78, 5) is 7.13. The number of halogens is 4. The maximum absolute atomic E-state index is 6.31. The summed E-state index contributed by atoms with van der Waals surface area (Å²) < 4.78 is 0. The zero-order valence-corrected chi connectivity index (χ0v) is 21.8. The molecule has 1 saturated heterocycles. The lowest BCUT2D eigenvalue weighted by molar-refractivity contribution is -0.00907. The first-order valence-electron chi connectivity index (χ1n) is 10.9. The van der Waals surface area contributed by atoms with Gasteiger partial charge in [-0.1, -0.05) is 70.7 Å². The third kappa shape index (κ3) is 5.97. The molecule has 0 aromatic heterocycles. The molecule has 0 radical (unpaired) electrons. The fraction of sp³-hybridized carbons (Fsp3) is 0.308. The summed E-state index contributed by atoms with van der Waals surface area (Å²) in [5, 5.41) is 2.34. The van der Waals surface area contributed by atoms with Crippen molar-refractivity contribution in [3.05, 3.63) is 97.4 Å². The van der Waals surface area contributed by atoms with Crippen LogP contribution < -0.4 is 4.90 Å². The number of hydrogen-bond acceptors (Lipinski definition) is 3. The molecule has 0 N–H and O–H groups in total. The molecule has 0 unspecified atom stereocenters. The van der Waals surface area contributed by atoms with E-state index in [-0.39, 0.29) is 6.17 Å². The van der Waals surface area contributed by atoms with Crippen LogP contribution in [0.1, 0.15) is 29.3 Å². The van der Waals surface area contributed by atoms with Crippen LogP contribution in [-0.4, -0.2) is 37.0 Å². The molecule has 0 amide bonds. The lowest BCUT2D eigenvalue weighted by Crippen LogP contribution is -2.46. The normalized spacial score (nSPS) is 15.7. The third-order valence-electron chi connectivity index (χ3n) is 6.03. The van der Waals surface area contributed by atoms with Crippen LogP contribution in [0.15, 0.2) is 60.7 Å². The molecule has 1 fully saturated rings. The number of hydrogen-bond donors (Lipinski definition) is 0. The highest BCUT2D eigenvalue weighted by molar-refractivity contribution is 6.42. The van der Waals surface area contributed by atoms with E-state index in [9.17, 15) is 0 Å². The van der Waals surface area contributed by atoms with E-state index in [4.69, 9.17) is 46.4 Å². The Hall–Kier alpha value is -1.46. The second kappa shape index (κ2) is 10.9. The highest BCUT2D eigenvalue weighted by Crippen LogP contribution is 2.34. The van der Waals surface area contributed by atoms with Gasteiger partial charge in [0.25, 0.3) is 0 Å². The molecule has 33 heavy (non-hydrogen) atoms. The molecule has 0 bridgehead atoms. The topological polar surface area (TPSA) is 9.72 Å². The van der Waals surface area contributed by atoms with Gasteiger partial charge in [-0.15, -0.1) is 0 Å². The molecule has 4 rings (SSSR count). The molecule has 0 saturated carbocycles. The van der Waals surface area contributed by atoms with Gasteiger partial charge in [0.2, 0.25) is 0 Å². The molecule has 1 heterocycles. The van der Waals surface area contributed by atoms with Crippen molar-refractivity contribution in [2.75, 3.05) is 32.1 Å². The fourth-order valence-electron chi connectivity index (χ4n) is 4.39. The van der Waals surface area contributed by atoms with Crippen LogP contribution in [0.5, 0.6) is 0 Å². The van der Waals surface area contributed by atoms with Crippen LogP contribution >= 0.6 is 46.4 Å². The predicted octanol–water partition coefficient (Wildman–Crippen LogP) is 7.77. The average molecular weight is 523 g/mol. The Morgan fingerprint density at radius 3 is 1.61 bits per heavy atom.